The molecule has 1 fully saturated rings. The van der Waals surface area contributed by atoms with E-state index in [0.29, 0.717) is 0 Å². The third kappa shape index (κ3) is 3.37. The normalized spacial score (nSPS) is 20.2. The summed E-state index contributed by atoms with van der Waals surface area (Å²) < 4.78 is 5.39. The van der Waals surface area contributed by atoms with Crippen molar-refractivity contribution in [2.24, 2.45) is 5.92 Å². The van der Waals surface area contributed by atoms with Gasteiger partial charge in [0.05, 0.1) is 5.92 Å². The Morgan fingerprint density at radius 2 is 2.08 bits per heavy atom. The predicted octanol–water partition coefficient (Wildman–Crippen LogP) is 2.91. The number of esters is 1. The Balaban J connectivity index is 2.22. The summed E-state index contributed by atoms with van der Waals surface area (Å²) >= 11 is 0. The lowest BCUT2D eigenvalue weighted by Crippen LogP contribution is -2.20. The van der Waals surface area contributed by atoms with Crippen molar-refractivity contribution >= 4 is 5.97 Å². The van der Waals surface area contributed by atoms with Gasteiger partial charge in [0.1, 0.15) is 6.10 Å². The number of rotatable bonds is 4. The molecule has 2 nitrogen and oxygen atoms in total. The van der Waals surface area contributed by atoms with Crippen LogP contribution in [0.15, 0.2) is 0 Å². The average molecular weight is 184 g/mol. The predicted molar refractivity (Wildman–Crippen MR) is 52.4 cm³/mol. The van der Waals surface area contributed by atoms with Crippen LogP contribution in [0.1, 0.15) is 52.4 Å². The van der Waals surface area contributed by atoms with Crippen molar-refractivity contribution in [2.45, 2.75) is 58.5 Å². The third-order valence-electron chi connectivity index (χ3n) is 2.71. The van der Waals surface area contributed by atoms with E-state index in [1.165, 1.54) is 12.8 Å². The van der Waals surface area contributed by atoms with E-state index in [4.69, 9.17) is 4.74 Å². The van der Waals surface area contributed by atoms with Gasteiger partial charge >= 0.3 is 5.97 Å². The zero-order chi connectivity index (χ0) is 9.68. The highest BCUT2D eigenvalue weighted by molar-refractivity contribution is 5.72. The van der Waals surface area contributed by atoms with E-state index in [9.17, 15) is 4.79 Å². The molecule has 0 aromatic carbocycles. The summed E-state index contributed by atoms with van der Waals surface area (Å²) in [4.78, 5) is 11.5. The summed E-state index contributed by atoms with van der Waals surface area (Å²) in [6.07, 6.45) is 6.83. The summed E-state index contributed by atoms with van der Waals surface area (Å²) in [7, 11) is 0. The molecule has 76 valence electrons. The fourth-order valence-electron chi connectivity index (χ4n) is 1.84. The lowest BCUT2D eigenvalue weighted by atomic mass is 10.1. The van der Waals surface area contributed by atoms with Gasteiger partial charge in [0.15, 0.2) is 0 Å². The van der Waals surface area contributed by atoms with Gasteiger partial charge < -0.3 is 4.74 Å². The van der Waals surface area contributed by atoms with Crippen molar-refractivity contribution in [1.82, 2.24) is 0 Å². The summed E-state index contributed by atoms with van der Waals surface area (Å²) in [5.74, 6) is 0.0966. The van der Waals surface area contributed by atoms with Gasteiger partial charge in [-0.3, -0.25) is 4.79 Å². The maximum atomic E-state index is 11.5. The van der Waals surface area contributed by atoms with Gasteiger partial charge in [-0.1, -0.05) is 20.3 Å². The van der Waals surface area contributed by atoms with Gasteiger partial charge in [-0.15, -0.1) is 0 Å². The van der Waals surface area contributed by atoms with Crippen LogP contribution in [-0.4, -0.2) is 12.1 Å². The van der Waals surface area contributed by atoms with Crippen molar-refractivity contribution in [1.29, 1.82) is 0 Å². The molecule has 0 heterocycles. The highest BCUT2D eigenvalue weighted by atomic mass is 16.5. The van der Waals surface area contributed by atoms with Crippen molar-refractivity contribution in [3.05, 3.63) is 0 Å². The van der Waals surface area contributed by atoms with E-state index in [1.54, 1.807) is 0 Å². The van der Waals surface area contributed by atoms with E-state index in [1.807, 2.05) is 6.92 Å². The van der Waals surface area contributed by atoms with Crippen LogP contribution in [0.4, 0.5) is 0 Å². The molecule has 0 aliphatic heterocycles. The fourth-order valence-corrected chi connectivity index (χ4v) is 1.84. The third-order valence-corrected chi connectivity index (χ3v) is 2.71. The van der Waals surface area contributed by atoms with E-state index < -0.39 is 0 Å². The Bertz CT molecular complexity index is 159. The molecule has 0 aromatic rings. The van der Waals surface area contributed by atoms with Crippen LogP contribution in [0.3, 0.4) is 0 Å². The molecule has 1 atom stereocenters. The van der Waals surface area contributed by atoms with Crippen LogP contribution in [0.2, 0.25) is 0 Å². The lowest BCUT2D eigenvalue weighted by Gasteiger charge is -2.15. The van der Waals surface area contributed by atoms with Gasteiger partial charge in [0.2, 0.25) is 0 Å². The minimum Gasteiger partial charge on any atom is -0.462 e. The SMILES string of the molecule is CCCC(C)C(=O)OC1CCCC1. The van der Waals surface area contributed by atoms with E-state index in [-0.39, 0.29) is 18.0 Å². The van der Waals surface area contributed by atoms with Crippen molar-refractivity contribution in [3.63, 3.8) is 0 Å². The van der Waals surface area contributed by atoms with Crippen LogP contribution >= 0.6 is 0 Å². The minimum atomic E-state index is 0.00810. The number of hydrogen-bond donors (Lipinski definition) is 0. The first-order chi connectivity index (χ1) is 6.24. The topological polar surface area (TPSA) is 26.3 Å². The number of carbonyl (C=O) groups is 1. The van der Waals surface area contributed by atoms with Gasteiger partial charge in [-0.05, 0) is 32.1 Å². The van der Waals surface area contributed by atoms with Crippen LogP contribution < -0.4 is 0 Å². The summed E-state index contributed by atoms with van der Waals surface area (Å²) in [5, 5.41) is 0. The molecule has 1 aliphatic rings. The molecule has 1 saturated carbocycles. The van der Waals surface area contributed by atoms with E-state index in [0.717, 1.165) is 25.7 Å². The summed E-state index contributed by atoms with van der Waals surface area (Å²) in [6, 6.07) is 0. The Morgan fingerprint density at radius 3 is 2.62 bits per heavy atom. The molecule has 1 aliphatic carbocycles. The first kappa shape index (κ1) is 10.6. The van der Waals surface area contributed by atoms with Gasteiger partial charge in [-0.2, -0.15) is 0 Å². The van der Waals surface area contributed by atoms with Crippen molar-refractivity contribution in [2.75, 3.05) is 0 Å². The molecule has 0 saturated heterocycles. The largest absolute Gasteiger partial charge is 0.462 e. The Hall–Kier alpha value is -0.530. The zero-order valence-corrected chi connectivity index (χ0v) is 8.71. The van der Waals surface area contributed by atoms with E-state index >= 15 is 0 Å². The molecule has 0 bridgehead atoms. The summed E-state index contributed by atoms with van der Waals surface area (Å²) in [5.41, 5.74) is 0. The first-order valence-electron chi connectivity index (χ1n) is 5.44. The smallest absolute Gasteiger partial charge is 0.308 e. The average Bonchev–Trinajstić information content (AvgIpc) is 2.57. The van der Waals surface area contributed by atoms with Gasteiger partial charge in [-0.25, -0.2) is 0 Å². The molecular formula is C11H20O2. The minimum absolute atomic E-state index is 0.00810. The fraction of sp³-hybridized carbons (Fsp3) is 0.909. The number of hydrogen-bond acceptors (Lipinski definition) is 2. The molecule has 0 spiro atoms. The molecule has 1 rings (SSSR count). The summed E-state index contributed by atoms with van der Waals surface area (Å²) in [6.45, 7) is 4.06. The van der Waals surface area contributed by atoms with Crippen molar-refractivity contribution < 1.29 is 9.53 Å². The highest BCUT2D eigenvalue weighted by Gasteiger charge is 2.21. The maximum absolute atomic E-state index is 11.5. The quantitative estimate of drug-likeness (QED) is 0.628. The maximum Gasteiger partial charge on any atom is 0.308 e. The molecule has 13 heavy (non-hydrogen) atoms. The second-order valence-corrected chi connectivity index (χ2v) is 4.03. The molecule has 0 N–H and O–H groups in total. The second kappa shape index (κ2) is 5.25. The monoisotopic (exact) mass is 184 g/mol. The first-order valence-corrected chi connectivity index (χ1v) is 5.44. The zero-order valence-electron chi connectivity index (χ0n) is 8.71. The standard InChI is InChI=1S/C11H20O2/c1-3-6-9(2)11(12)13-10-7-4-5-8-10/h9-10H,3-8H2,1-2H3. The Labute approximate surface area is 80.7 Å². The van der Waals surface area contributed by atoms with Crippen LogP contribution in [-0.2, 0) is 9.53 Å². The lowest BCUT2D eigenvalue weighted by molar-refractivity contribution is -0.153. The van der Waals surface area contributed by atoms with Crippen LogP contribution in [0.25, 0.3) is 0 Å². The molecule has 1 unspecified atom stereocenters. The number of carbonyl (C=O) groups excluding carboxylic acids is 1. The van der Waals surface area contributed by atoms with Crippen LogP contribution in [0, 0.1) is 5.92 Å². The highest BCUT2D eigenvalue weighted by Crippen LogP contribution is 2.22. The molecule has 0 radical (unpaired) electrons. The Kier molecular flexibility index (Phi) is 4.26. The molecule has 2 heteroatoms. The van der Waals surface area contributed by atoms with E-state index in [2.05, 4.69) is 6.92 Å². The Morgan fingerprint density at radius 1 is 1.46 bits per heavy atom. The van der Waals surface area contributed by atoms with Crippen molar-refractivity contribution in [3.8, 4) is 0 Å². The second-order valence-electron chi connectivity index (χ2n) is 4.03. The van der Waals surface area contributed by atoms with Gasteiger partial charge in [0, 0.05) is 0 Å². The molecular weight excluding hydrogens is 164 g/mol. The van der Waals surface area contributed by atoms with Crippen LogP contribution in [0.5, 0.6) is 0 Å². The van der Waals surface area contributed by atoms with Gasteiger partial charge in [0.25, 0.3) is 0 Å². The number of ether oxygens (including phenoxy) is 1. The molecule has 0 aromatic heterocycles. The molecule has 0 amide bonds.